The van der Waals surface area contributed by atoms with Crippen LogP contribution in [0.5, 0.6) is 0 Å². The van der Waals surface area contributed by atoms with Crippen LogP contribution in [0.3, 0.4) is 0 Å². The molecule has 6 heteroatoms. The number of hydrogen-bond donors (Lipinski definition) is 0. The van der Waals surface area contributed by atoms with Crippen LogP contribution in [0.2, 0.25) is 5.02 Å². The highest BCUT2D eigenvalue weighted by atomic mass is 35.5. The van der Waals surface area contributed by atoms with Crippen molar-refractivity contribution in [1.29, 1.82) is 0 Å². The molecular weight excluding hydrogens is 468 g/mol. The lowest BCUT2D eigenvalue weighted by Gasteiger charge is -2.36. The molecule has 0 atom stereocenters. The van der Waals surface area contributed by atoms with Gasteiger partial charge in [-0.15, -0.1) is 0 Å². The first-order valence-corrected chi connectivity index (χ1v) is 12.8. The molecule has 184 valence electrons. The van der Waals surface area contributed by atoms with Gasteiger partial charge >= 0.3 is 0 Å². The van der Waals surface area contributed by atoms with Gasteiger partial charge in [0, 0.05) is 48.6 Å². The van der Waals surface area contributed by atoms with Gasteiger partial charge in [-0.1, -0.05) is 74.8 Å². The zero-order valence-corrected chi connectivity index (χ0v) is 21.8. The quantitative estimate of drug-likeness (QED) is 0.339. The molecule has 2 heterocycles. The fourth-order valence-electron chi connectivity index (χ4n) is 4.65. The summed E-state index contributed by atoms with van der Waals surface area (Å²) in [5.41, 5.74) is 4.04. The van der Waals surface area contributed by atoms with Gasteiger partial charge in [0.05, 0.1) is 5.52 Å². The second-order valence-corrected chi connectivity index (χ2v) is 10.8. The van der Waals surface area contributed by atoms with Crippen molar-refractivity contribution in [3.63, 3.8) is 0 Å². The predicted octanol–water partition coefficient (Wildman–Crippen LogP) is 6.13. The summed E-state index contributed by atoms with van der Waals surface area (Å²) in [6.07, 6.45) is 0.652. The highest BCUT2D eigenvalue weighted by Gasteiger charge is 2.25. The lowest BCUT2D eigenvalue weighted by atomic mass is 9.86. The minimum absolute atomic E-state index is 0.0666. The van der Waals surface area contributed by atoms with Gasteiger partial charge in [0.15, 0.2) is 0 Å². The maximum absolute atomic E-state index is 13.2. The van der Waals surface area contributed by atoms with E-state index >= 15 is 0 Å². The number of fused-ring (bicyclic) bond motifs is 1. The van der Waals surface area contributed by atoms with E-state index in [9.17, 15) is 4.79 Å². The number of anilines is 1. The molecule has 1 fully saturated rings. The lowest BCUT2D eigenvalue weighted by molar-refractivity contribution is 0.0746. The summed E-state index contributed by atoms with van der Waals surface area (Å²) in [7, 11) is 0. The Balaban J connectivity index is 1.35. The Bertz CT molecular complexity index is 1370. The topological polar surface area (TPSA) is 49.3 Å². The summed E-state index contributed by atoms with van der Waals surface area (Å²) in [5.74, 6) is 1.76. The molecule has 1 aromatic heterocycles. The third kappa shape index (κ3) is 5.21. The van der Waals surface area contributed by atoms with Crippen LogP contribution < -0.4 is 4.90 Å². The number of hydrogen-bond acceptors (Lipinski definition) is 4. The smallest absolute Gasteiger partial charge is 0.253 e. The van der Waals surface area contributed by atoms with E-state index in [2.05, 4.69) is 49.9 Å². The fourth-order valence-corrected chi connectivity index (χ4v) is 4.81. The van der Waals surface area contributed by atoms with E-state index in [1.54, 1.807) is 0 Å². The summed E-state index contributed by atoms with van der Waals surface area (Å²) in [6.45, 7) is 9.26. The Morgan fingerprint density at radius 1 is 0.889 bits per heavy atom. The van der Waals surface area contributed by atoms with E-state index in [-0.39, 0.29) is 11.3 Å². The molecule has 0 radical (unpaired) electrons. The average molecular weight is 499 g/mol. The fraction of sp³-hybridized carbons (Fsp3) is 0.300. The summed E-state index contributed by atoms with van der Waals surface area (Å²) in [6, 6.07) is 24.1. The SMILES string of the molecule is CC(C)(C)c1ccc(C(=O)N2CCN(c3nc(Cc4ccccc4)nc4cc(Cl)ccc34)CC2)cc1. The number of halogens is 1. The largest absolute Gasteiger partial charge is 0.352 e. The minimum atomic E-state index is 0.0666. The number of carbonyl (C=O) groups is 1. The number of amides is 1. The third-order valence-electron chi connectivity index (χ3n) is 6.75. The van der Waals surface area contributed by atoms with E-state index in [4.69, 9.17) is 21.6 Å². The van der Waals surface area contributed by atoms with Crippen molar-refractivity contribution in [2.24, 2.45) is 0 Å². The van der Waals surface area contributed by atoms with Crippen molar-refractivity contribution in [3.8, 4) is 0 Å². The Labute approximate surface area is 217 Å². The molecule has 36 heavy (non-hydrogen) atoms. The highest BCUT2D eigenvalue weighted by Crippen LogP contribution is 2.28. The van der Waals surface area contributed by atoms with Gasteiger partial charge in [0.2, 0.25) is 0 Å². The number of piperazine rings is 1. The summed E-state index contributed by atoms with van der Waals surface area (Å²) < 4.78 is 0. The van der Waals surface area contributed by atoms with Gasteiger partial charge in [-0.25, -0.2) is 9.97 Å². The van der Waals surface area contributed by atoms with Crippen LogP contribution in [-0.4, -0.2) is 47.0 Å². The molecule has 0 N–H and O–H groups in total. The van der Waals surface area contributed by atoms with E-state index in [1.165, 1.54) is 5.56 Å². The zero-order chi connectivity index (χ0) is 25.3. The molecule has 0 spiro atoms. The standard InChI is InChI=1S/C30H31ClN4O/c1-30(2,3)23-11-9-22(10-12-23)29(36)35-17-15-34(16-18-35)28-25-14-13-24(31)20-26(25)32-27(33-28)19-21-7-5-4-6-8-21/h4-14,20H,15-19H2,1-3H3. The van der Waals surface area contributed by atoms with Crippen LogP contribution in [0.15, 0.2) is 72.8 Å². The second kappa shape index (κ2) is 9.90. The highest BCUT2D eigenvalue weighted by molar-refractivity contribution is 6.31. The van der Waals surface area contributed by atoms with Gasteiger partial charge in [-0.2, -0.15) is 0 Å². The van der Waals surface area contributed by atoms with Crippen molar-refractivity contribution < 1.29 is 4.79 Å². The molecule has 1 aliphatic heterocycles. The normalized spacial score (nSPS) is 14.3. The van der Waals surface area contributed by atoms with Gasteiger partial charge in [-0.3, -0.25) is 4.79 Å². The monoisotopic (exact) mass is 498 g/mol. The van der Waals surface area contributed by atoms with Crippen molar-refractivity contribution >= 4 is 34.2 Å². The van der Waals surface area contributed by atoms with E-state index in [0.717, 1.165) is 33.7 Å². The average Bonchev–Trinajstić information content (AvgIpc) is 2.88. The van der Waals surface area contributed by atoms with E-state index < -0.39 is 0 Å². The lowest BCUT2D eigenvalue weighted by Crippen LogP contribution is -2.49. The Kier molecular flexibility index (Phi) is 6.67. The van der Waals surface area contributed by atoms with Crippen LogP contribution in [-0.2, 0) is 11.8 Å². The van der Waals surface area contributed by atoms with Gasteiger partial charge in [-0.05, 0) is 46.9 Å². The number of rotatable bonds is 4. The molecule has 0 unspecified atom stereocenters. The van der Waals surface area contributed by atoms with Gasteiger partial charge in [0.25, 0.3) is 5.91 Å². The van der Waals surface area contributed by atoms with E-state index in [0.29, 0.717) is 37.6 Å². The summed E-state index contributed by atoms with van der Waals surface area (Å²) in [4.78, 5) is 27.2. The Hall–Kier alpha value is -3.44. The molecule has 0 bridgehead atoms. The number of nitrogens with zero attached hydrogens (tertiary/aromatic N) is 4. The molecule has 1 saturated heterocycles. The number of benzene rings is 3. The number of carbonyl (C=O) groups excluding carboxylic acids is 1. The van der Waals surface area contributed by atoms with Crippen LogP contribution >= 0.6 is 11.6 Å². The minimum Gasteiger partial charge on any atom is -0.352 e. The molecule has 5 nitrogen and oxygen atoms in total. The summed E-state index contributed by atoms with van der Waals surface area (Å²) in [5, 5.41) is 1.64. The van der Waals surface area contributed by atoms with Crippen molar-refractivity contribution in [3.05, 3.63) is 100 Å². The van der Waals surface area contributed by atoms with Crippen LogP contribution in [0.4, 0.5) is 5.82 Å². The Morgan fingerprint density at radius 3 is 2.25 bits per heavy atom. The second-order valence-electron chi connectivity index (χ2n) is 10.4. The van der Waals surface area contributed by atoms with Crippen molar-refractivity contribution in [1.82, 2.24) is 14.9 Å². The number of aromatic nitrogens is 2. The third-order valence-corrected chi connectivity index (χ3v) is 6.99. The van der Waals surface area contributed by atoms with Gasteiger partial charge < -0.3 is 9.80 Å². The Morgan fingerprint density at radius 2 is 1.58 bits per heavy atom. The van der Waals surface area contributed by atoms with Crippen LogP contribution in [0.1, 0.15) is 48.1 Å². The summed E-state index contributed by atoms with van der Waals surface area (Å²) >= 11 is 6.30. The molecule has 4 aromatic rings. The van der Waals surface area contributed by atoms with Crippen molar-refractivity contribution in [2.75, 3.05) is 31.1 Å². The molecule has 0 aliphatic carbocycles. The molecule has 1 aliphatic rings. The van der Waals surface area contributed by atoms with Crippen LogP contribution in [0.25, 0.3) is 10.9 Å². The first kappa shape index (κ1) is 24.3. The van der Waals surface area contributed by atoms with Gasteiger partial charge in [0.1, 0.15) is 11.6 Å². The first-order valence-electron chi connectivity index (χ1n) is 12.4. The maximum atomic E-state index is 13.2. The molecule has 3 aromatic carbocycles. The van der Waals surface area contributed by atoms with Crippen molar-refractivity contribution in [2.45, 2.75) is 32.6 Å². The molecule has 1 amide bonds. The maximum Gasteiger partial charge on any atom is 0.253 e. The predicted molar refractivity (Wildman–Crippen MR) is 147 cm³/mol. The molecule has 5 rings (SSSR count). The molecular formula is C30H31ClN4O. The first-order chi connectivity index (χ1) is 17.3. The zero-order valence-electron chi connectivity index (χ0n) is 21.0. The molecule has 0 saturated carbocycles. The van der Waals surface area contributed by atoms with E-state index in [1.807, 2.05) is 53.4 Å². The van der Waals surface area contributed by atoms with Crippen LogP contribution in [0, 0.1) is 0 Å².